The number of allylic oxidation sites excluding steroid dienone is 1. The molecule has 110 valence electrons. The Hall–Kier alpha value is -1.30. The van der Waals surface area contributed by atoms with Crippen molar-refractivity contribution >= 4 is 29.5 Å². The molecule has 0 amide bonds. The van der Waals surface area contributed by atoms with Crippen molar-refractivity contribution in [2.75, 3.05) is 12.9 Å². The van der Waals surface area contributed by atoms with Gasteiger partial charge in [-0.1, -0.05) is 11.1 Å². The van der Waals surface area contributed by atoms with E-state index < -0.39 is 16.8 Å². The maximum Gasteiger partial charge on any atom is 0.330 e. The van der Waals surface area contributed by atoms with Gasteiger partial charge in [0.25, 0.3) is 0 Å². The maximum atomic E-state index is 12.7. The fourth-order valence-electron chi connectivity index (χ4n) is 2.45. The van der Waals surface area contributed by atoms with Gasteiger partial charge in [0, 0.05) is 25.0 Å². The molecule has 0 aromatic rings. The molecule has 0 spiro atoms. The largest absolute Gasteiger partial charge is 0.468 e. The van der Waals surface area contributed by atoms with Crippen LogP contribution in [0.15, 0.2) is 11.1 Å². The van der Waals surface area contributed by atoms with Gasteiger partial charge in [-0.05, 0) is 13.8 Å². The maximum absolute atomic E-state index is 12.7. The average Bonchev–Trinajstić information content (AvgIpc) is 2.86. The monoisotopic (exact) mass is 298 g/mol. The van der Waals surface area contributed by atoms with Gasteiger partial charge in [-0.25, -0.2) is 0 Å². The molecular formula is C14H18O5S. The number of carbonyl (C=O) groups is 3. The molecule has 0 aromatic carbocycles. The van der Waals surface area contributed by atoms with E-state index in [-0.39, 0.29) is 18.2 Å². The molecule has 1 fully saturated rings. The number of carbonyl (C=O) groups excluding carboxylic acids is 3. The van der Waals surface area contributed by atoms with Crippen molar-refractivity contribution in [2.45, 2.75) is 44.0 Å². The Morgan fingerprint density at radius 2 is 2.05 bits per heavy atom. The highest BCUT2D eigenvalue weighted by Crippen LogP contribution is 2.42. The lowest BCUT2D eigenvalue weighted by molar-refractivity contribution is -0.154. The van der Waals surface area contributed by atoms with Crippen molar-refractivity contribution in [3.8, 4) is 0 Å². The standard InChI is InChI=1S/C14H18O5S/c1-8-6-14(13(17)18-3,20-7-9(8)2)12(16)10-4-5-11(15)19-10/h10H,4-7H2,1-3H3/t10-,14?/m1/s1. The zero-order valence-corrected chi connectivity index (χ0v) is 12.7. The van der Waals surface area contributed by atoms with Gasteiger partial charge in [-0.2, -0.15) is 0 Å². The Labute approximate surface area is 122 Å². The molecule has 2 rings (SSSR count). The molecule has 2 aliphatic heterocycles. The second kappa shape index (κ2) is 5.60. The minimum Gasteiger partial charge on any atom is -0.468 e. The van der Waals surface area contributed by atoms with Crippen molar-refractivity contribution in [2.24, 2.45) is 0 Å². The molecule has 0 saturated carbocycles. The highest BCUT2D eigenvalue weighted by molar-refractivity contribution is 8.02. The number of Topliss-reactive ketones (excluding diaryl/α,β-unsaturated/α-hetero) is 1. The Balaban J connectivity index is 2.31. The summed E-state index contributed by atoms with van der Waals surface area (Å²) in [6, 6.07) is 0. The molecule has 2 aliphatic rings. The third-order valence-electron chi connectivity index (χ3n) is 3.87. The minimum atomic E-state index is -1.27. The SMILES string of the molecule is COC(=O)C1(C(=O)[C@H]2CCC(=O)O2)CC(C)=C(C)CS1. The van der Waals surface area contributed by atoms with Crippen molar-refractivity contribution in [1.29, 1.82) is 0 Å². The van der Waals surface area contributed by atoms with Gasteiger partial charge in [0.05, 0.1) is 7.11 Å². The number of rotatable bonds is 3. The number of hydrogen-bond acceptors (Lipinski definition) is 6. The van der Waals surface area contributed by atoms with Crippen LogP contribution in [0.25, 0.3) is 0 Å². The summed E-state index contributed by atoms with van der Waals surface area (Å²) in [5.41, 5.74) is 2.19. The van der Waals surface area contributed by atoms with Crippen LogP contribution in [0.5, 0.6) is 0 Å². The zero-order chi connectivity index (χ0) is 14.9. The topological polar surface area (TPSA) is 69.7 Å². The Kier molecular flexibility index (Phi) is 4.22. The Morgan fingerprint density at radius 3 is 2.55 bits per heavy atom. The molecule has 5 nitrogen and oxygen atoms in total. The van der Waals surface area contributed by atoms with E-state index in [4.69, 9.17) is 9.47 Å². The van der Waals surface area contributed by atoms with Gasteiger partial charge in [-0.15, -0.1) is 11.8 Å². The number of ether oxygens (including phenoxy) is 2. The van der Waals surface area contributed by atoms with Crippen LogP contribution in [0.4, 0.5) is 0 Å². The first kappa shape index (κ1) is 15.1. The fraction of sp³-hybridized carbons (Fsp3) is 0.643. The van der Waals surface area contributed by atoms with Crippen LogP contribution in [0.3, 0.4) is 0 Å². The predicted molar refractivity (Wildman–Crippen MR) is 74.3 cm³/mol. The normalized spacial score (nSPS) is 30.1. The van der Waals surface area contributed by atoms with Crippen molar-refractivity contribution in [1.82, 2.24) is 0 Å². The molecule has 0 N–H and O–H groups in total. The number of hydrogen-bond donors (Lipinski definition) is 0. The average molecular weight is 298 g/mol. The van der Waals surface area contributed by atoms with Gasteiger partial charge in [-0.3, -0.25) is 14.4 Å². The molecule has 1 saturated heterocycles. The lowest BCUT2D eigenvalue weighted by Crippen LogP contribution is -2.51. The first-order chi connectivity index (χ1) is 9.40. The van der Waals surface area contributed by atoms with E-state index in [1.54, 1.807) is 0 Å². The van der Waals surface area contributed by atoms with Crippen molar-refractivity contribution in [3.05, 3.63) is 11.1 Å². The predicted octanol–water partition coefficient (Wildman–Crippen LogP) is 1.65. The smallest absolute Gasteiger partial charge is 0.330 e. The quantitative estimate of drug-likeness (QED) is 0.448. The molecule has 0 aromatic heterocycles. The molecule has 6 heteroatoms. The second-order valence-electron chi connectivity index (χ2n) is 5.23. The van der Waals surface area contributed by atoms with Crippen molar-refractivity contribution < 1.29 is 23.9 Å². The molecule has 0 bridgehead atoms. The lowest BCUT2D eigenvalue weighted by Gasteiger charge is -2.34. The molecule has 2 heterocycles. The molecule has 2 atom stereocenters. The van der Waals surface area contributed by atoms with Crippen molar-refractivity contribution in [3.63, 3.8) is 0 Å². The van der Waals surface area contributed by atoms with E-state index in [9.17, 15) is 14.4 Å². The fourth-order valence-corrected chi connectivity index (χ4v) is 3.96. The summed E-state index contributed by atoms with van der Waals surface area (Å²) >= 11 is 1.28. The molecule has 20 heavy (non-hydrogen) atoms. The van der Waals surface area contributed by atoms with E-state index in [2.05, 4.69) is 0 Å². The van der Waals surface area contributed by atoms with Crippen LogP contribution in [0.1, 0.15) is 33.1 Å². The Morgan fingerprint density at radius 1 is 1.35 bits per heavy atom. The van der Waals surface area contributed by atoms with E-state index >= 15 is 0 Å². The number of methoxy groups -OCH3 is 1. The number of esters is 2. The Bertz CT molecular complexity index is 496. The summed E-state index contributed by atoms with van der Waals surface area (Å²) in [6.07, 6.45) is 0.0776. The van der Waals surface area contributed by atoms with Crippen LogP contribution in [-0.2, 0) is 23.9 Å². The number of thioether (sulfide) groups is 1. The number of cyclic esters (lactones) is 1. The van der Waals surface area contributed by atoms with Crippen LogP contribution < -0.4 is 0 Å². The number of ketones is 1. The van der Waals surface area contributed by atoms with E-state index in [1.807, 2.05) is 13.8 Å². The molecule has 0 radical (unpaired) electrons. The first-order valence-corrected chi connectivity index (χ1v) is 7.50. The van der Waals surface area contributed by atoms with E-state index in [1.165, 1.54) is 24.4 Å². The second-order valence-corrected chi connectivity index (χ2v) is 6.50. The lowest BCUT2D eigenvalue weighted by atomic mass is 9.89. The van der Waals surface area contributed by atoms with Gasteiger partial charge in [0.2, 0.25) is 5.78 Å². The van der Waals surface area contributed by atoms with Crippen LogP contribution >= 0.6 is 11.8 Å². The minimum absolute atomic E-state index is 0.228. The first-order valence-electron chi connectivity index (χ1n) is 6.52. The third kappa shape index (κ3) is 2.49. The van der Waals surface area contributed by atoms with Gasteiger partial charge < -0.3 is 9.47 Å². The third-order valence-corrected chi connectivity index (χ3v) is 5.45. The molecule has 0 aliphatic carbocycles. The summed E-state index contributed by atoms with van der Waals surface area (Å²) in [7, 11) is 1.28. The summed E-state index contributed by atoms with van der Waals surface area (Å²) in [5.74, 6) is -0.671. The summed E-state index contributed by atoms with van der Waals surface area (Å²) in [4.78, 5) is 36.1. The van der Waals surface area contributed by atoms with Gasteiger partial charge in [0.15, 0.2) is 10.9 Å². The van der Waals surface area contributed by atoms with Crippen LogP contribution in [0.2, 0.25) is 0 Å². The molecular weight excluding hydrogens is 280 g/mol. The van der Waals surface area contributed by atoms with Crippen LogP contribution in [-0.4, -0.2) is 41.4 Å². The highest BCUT2D eigenvalue weighted by atomic mass is 32.2. The van der Waals surface area contributed by atoms with Gasteiger partial charge >= 0.3 is 11.9 Å². The van der Waals surface area contributed by atoms with Crippen LogP contribution in [0, 0.1) is 0 Å². The van der Waals surface area contributed by atoms with Gasteiger partial charge in [0.1, 0.15) is 0 Å². The molecule has 1 unspecified atom stereocenters. The summed E-state index contributed by atoms with van der Waals surface area (Å²) in [6.45, 7) is 3.91. The van der Waals surface area contributed by atoms with E-state index in [0.717, 1.165) is 5.57 Å². The van der Waals surface area contributed by atoms with E-state index in [0.29, 0.717) is 18.6 Å². The summed E-state index contributed by atoms with van der Waals surface area (Å²) in [5, 5.41) is 0. The summed E-state index contributed by atoms with van der Waals surface area (Å²) < 4.78 is 8.60. The highest BCUT2D eigenvalue weighted by Gasteiger charge is 2.53. The zero-order valence-electron chi connectivity index (χ0n) is 11.9.